The van der Waals surface area contributed by atoms with Crippen molar-refractivity contribution in [2.45, 2.75) is 13.3 Å². The van der Waals surface area contributed by atoms with Gasteiger partial charge < -0.3 is 10.3 Å². The first-order valence-electron chi connectivity index (χ1n) is 4.37. The Balaban J connectivity index is 1.78. The number of nitrogens with one attached hydrogen (secondary N) is 2. The fourth-order valence-corrected chi connectivity index (χ4v) is 1.71. The van der Waals surface area contributed by atoms with E-state index in [2.05, 4.69) is 25.5 Å². The SMILES string of the molecule is Cc1nnc(NCCc2ncc[nH]2)s1. The van der Waals surface area contributed by atoms with Gasteiger partial charge in [0.05, 0.1) is 0 Å². The van der Waals surface area contributed by atoms with E-state index in [4.69, 9.17) is 0 Å². The molecule has 0 fully saturated rings. The number of nitrogens with zero attached hydrogens (tertiary/aromatic N) is 3. The minimum atomic E-state index is 0.822. The van der Waals surface area contributed by atoms with Crippen LogP contribution in [0.15, 0.2) is 12.4 Å². The number of aromatic nitrogens is 4. The van der Waals surface area contributed by atoms with Crippen LogP contribution in [0.4, 0.5) is 5.13 Å². The number of hydrogen-bond donors (Lipinski definition) is 2. The fourth-order valence-electron chi connectivity index (χ4n) is 1.09. The number of H-pyrrole nitrogens is 1. The number of hydrogen-bond acceptors (Lipinski definition) is 5. The van der Waals surface area contributed by atoms with E-state index in [1.165, 1.54) is 0 Å². The third-order valence-electron chi connectivity index (χ3n) is 1.72. The van der Waals surface area contributed by atoms with Gasteiger partial charge in [0.25, 0.3) is 0 Å². The summed E-state index contributed by atoms with van der Waals surface area (Å²) >= 11 is 1.56. The molecule has 5 nitrogen and oxygen atoms in total. The molecule has 2 rings (SSSR count). The van der Waals surface area contributed by atoms with Crippen molar-refractivity contribution in [3.63, 3.8) is 0 Å². The van der Waals surface area contributed by atoms with E-state index in [0.29, 0.717) is 0 Å². The van der Waals surface area contributed by atoms with Gasteiger partial charge in [-0.15, -0.1) is 10.2 Å². The molecule has 0 atom stereocenters. The second-order valence-corrected chi connectivity index (χ2v) is 4.02. The Kier molecular flexibility index (Phi) is 2.73. The maximum Gasteiger partial charge on any atom is 0.205 e. The van der Waals surface area contributed by atoms with Gasteiger partial charge >= 0.3 is 0 Å². The standard InChI is InChI=1S/C8H11N5S/c1-6-12-13-8(14-6)11-3-2-7-9-4-5-10-7/h4-5H,2-3H2,1H3,(H,9,10)(H,11,13). The molecule has 74 valence electrons. The second-order valence-electron chi connectivity index (χ2n) is 2.84. The summed E-state index contributed by atoms with van der Waals surface area (Å²) in [5, 5.41) is 12.9. The molecule has 0 aliphatic rings. The van der Waals surface area contributed by atoms with Crippen LogP contribution in [0.5, 0.6) is 0 Å². The van der Waals surface area contributed by atoms with Crippen molar-refractivity contribution in [3.05, 3.63) is 23.2 Å². The largest absolute Gasteiger partial charge is 0.360 e. The second kappa shape index (κ2) is 4.19. The quantitative estimate of drug-likeness (QED) is 0.794. The molecule has 0 unspecified atom stereocenters. The van der Waals surface area contributed by atoms with Crippen LogP contribution in [0.3, 0.4) is 0 Å². The Morgan fingerprint density at radius 2 is 2.43 bits per heavy atom. The minimum Gasteiger partial charge on any atom is -0.360 e. The lowest BCUT2D eigenvalue weighted by Gasteiger charge is -1.98. The van der Waals surface area contributed by atoms with Gasteiger partial charge in [-0.3, -0.25) is 0 Å². The number of rotatable bonds is 4. The van der Waals surface area contributed by atoms with Gasteiger partial charge in [-0.25, -0.2) is 4.98 Å². The molecule has 0 aromatic carbocycles. The summed E-state index contributed by atoms with van der Waals surface area (Å²) in [5.74, 6) is 0.985. The molecule has 0 aliphatic carbocycles. The van der Waals surface area contributed by atoms with Crippen LogP contribution in [0.25, 0.3) is 0 Å². The first-order valence-corrected chi connectivity index (χ1v) is 5.18. The lowest BCUT2D eigenvalue weighted by molar-refractivity contribution is 0.918. The maximum atomic E-state index is 4.12. The van der Waals surface area contributed by atoms with E-state index >= 15 is 0 Å². The van der Waals surface area contributed by atoms with Crippen LogP contribution in [0.2, 0.25) is 0 Å². The number of aryl methyl sites for hydroxylation is 1. The predicted octanol–water partition coefficient (Wildman–Crippen LogP) is 1.22. The monoisotopic (exact) mass is 209 g/mol. The lowest BCUT2D eigenvalue weighted by Crippen LogP contribution is -2.05. The molecule has 2 heterocycles. The summed E-state index contributed by atoms with van der Waals surface area (Å²) in [6.07, 6.45) is 4.44. The normalized spacial score (nSPS) is 10.4. The minimum absolute atomic E-state index is 0.822. The summed E-state index contributed by atoms with van der Waals surface area (Å²) in [4.78, 5) is 7.17. The Bertz CT molecular complexity index is 380. The van der Waals surface area contributed by atoms with E-state index in [1.54, 1.807) is 17.5 Å². The molecule has 0 bridgehead atoms. The molecule has 0 amide bonds. The third kappa shape index (κ3) is 2.29. The van der Waals surface area contributed by atoms with Gasteiger partial charge in [-0.2, -0.15) is 0 Å². The van der Waals surface area contributed by atoms with Crippen LogP contribution in [-0.2, 0) is 6.42 Å². The van der Waals surface area contributed by atoms with Crippen molar-refractivity contribution < 1.29 is 0 Å². The van der Waals surface area contributed by atoms with Crippen LogP contribution in [-0.4, -0.2) is 26.7 Å². The molecule has 2 aromatic rings. The van der Waals surface area contributed by atoms with E-state index in [-0.39, 0.29) is 0 Å². The molecular formula is C8H11N5S. The van der Waals surface area contributed by atoms with E-state index < -0.39 is 0 Å². The Hall–Kier alpha value is -1.43. The topological polar surface area (TPSA) is 66.5 Å². The summed E-state index contributed by atoms with van der Waals surface area (Å²) < 4.78 is 0. The molecule has 0 saturated carbocycles. The van der Waals surface area contributed by atoms with Crippen molar-refractivity contribution in [3.8, 4) is 0 Å². The zero-order valence-electron chi connectivity index (χ0n) is 7.82. The molecule has 14 heavy (non-hydrogen) atoms. The Morgan fingerprint density at radius 3 is 3.07 bits per heavy atom. The average molecular weight is 209 g/mol. The zero-order chi connectivity index (χ0) is 9.80. The van der Waals surface area contributed by atoms with Gasteiger partial charge in [0.1, 0.15) is 10.8 Å². The summed E-state index contributed by atoms with van der Waals surface area (Å²) in [6, 6.07) is 0. The van der Waals surface area contributed by atoms with Crippen molar-refractivity contribution in [1.82, 2.24) is 20.2 Å². The Morgan fingerprint density at radius 1 is 1.50 bits per heavy atom. The maximum absolute atomic E-state index is 4.12. The predicted molar refractivity (Wildman–Crippen MR) is 55.4 cm³/mol. The highest BCUT2D eigenvalue weighted by molar-refractivity contribution is 7.15. The van der Waals surface area contributed by atoms with Crippen molar-refractivity contribution >= 4 is 16.5 Å². The molecule has 0 saturated heterocycles. The Labute approximate surface area is 85.6 Å². The first kappa shape index (κ1) is 9.14. The van der Waals surface area contributed by atoms with E-state index in [9.17, 15) is 0 Å². The molecule has 0 spiro atoms. The number of anilines is 1. The number of imidazole rings is 1. The van der Waals surface area contributed by atoms with Crippen LogP contribution in [0.1, 0.15) is 10.8 Å². The molecule has 2 N–H and O–H groups in total. The van der Waals surface area contributed by atoms with Crippen molar-refractivity contribution in [2.75, 3.05) is 11.9 Å². The van der Waals surface area contributed by atoms with Gasteiger partial charge in [-0.05, 0) is 6.92 Å². The van der Waals surface area contributed by atoms with E-state index in [1.807, 2.05) is 13.1 Å². The van der Waals surface area contributed by atoms with Crippen molar-refractivity contribution in [2.24, 2.45) is 0 Å². The lowest BCUT2D eigenvalue weighted by atomic mass is 10.4. The van der Waals surface area contributed by atoms with E-state index in [0.717, 1.165) is 28.9 Å². The van der Waals surface area contributed by atoms with Gasteiger partial charge in [0, 0.05) is 25.4 Å². The number of aromatic amines is 1. The van der Waals surface area contributed by atoms with Crippen LogP contribution >= 0.6 is 11.3 Å². The first-order chi connectivity index (χ1) is 6.84. The zero-order valence-corrected chi connectivity index (χ0v) is 8.64. The van der Waals surface area contributed by atoms with Gasteiger partial charge in [0.15, 0.2) is 0 Å². The highest BCUT2D eigenvalue weighted by atomic mass is 32.1. The molecule has 6 heteroatoms. The highest BCUT2D eigenvalue weighted by Gasteiger charge is 1.99. The molecule has 0 radical (unpaired) electrons. The summed E-state index contributed by atoms with van der Waals surface area (Å²) in [5.41, 5.74) is 0. The third-order valence-corrected chi connectivity index (χ3v) is 2.52. The van der Waals surface area contributed by atoms with Crippen molar-refractivity contribution in [1.29, 1.82) is 0 Å². The smallest absolute Gasteiger partial charge is 0.205 e. The van der Waals surface area contributed by atoms with Gasteiger partial charge in [-0.1, -0.05) is 11.3 Å². The summed E-state index contributed by atoms with van der Waals surface area (Å²) in [7, 11) is 0. The molecule has 2 aromatic heterocycles. The molecule has 0 aliphatic heterocycles. The average Bonchev–Trinajstić information content (AvgIpc) is 2.77. The van der Waals surface area contributed by atoms with Crippen LogP contribution < -0.4 is 5.32 Å². The van der Waals surface area contributed by atoms with Crippen LogP contribution in [0, 0.1) is 6.92 Å². The summed E-state index contributed by atoms with van der Waals surface area (Å²) in [6.45, 7) is 2.76. The molecular weight excluding hydrogens is 198 g/mol. The van der Waals surface area contributed by atoms with Gasteiger partial charge in [0.2, 0.25) is 5.13 Å². The highest BCUT2D eigenvalue weighted by Crippen LogP contribution is 2.12. The fraction of sp³-hybridized carbons (Fsp3) is 0.375.